The highest BCUT2D eigenvalue weighted by atomic mass is 16.5. The number of hydrogen-bond donors (Lipinski definition) is 1. The third-order valence-corrected chi connectivity index (χ3v) is 5.28. The molecule has 2 unspecified atom stereocenters. The lowest BCUT2D eigenvalue weighted by molar-refractivity contribution is -0.137. The van der Waals surface area contributed by atoms with Gasteiger partial charge >= 0.3 is 0 Å². The Morgan fingerprint density at radius 1 is 1.38 bits per heavy atom. The predicted molar refractivity (Wildman–Crippen MR) is 89.7 cm³/mol. The maximum Gasteiger partial charge on any atom is 0.232 e. The van der Waals surface area contributed by atoms with Gasteiger partial charge in [0, 0.05) is 18.5 Å². The van der Waals surface area contributed by atoms with Gasteiger partial charge in [-0.3, -0.25) is 4.79 Å². The van der Waals surface area contributed by atoms with Crippen LogP contribution in [0.15, 0.2) is 10.6 Å². The molecule has 2 atom stereocenters. The van der Waals surface area contributed by atoms with E-state index in [0.29, 0.717) is 18.2 Å². The van der Waals surface area contributed by atoms with Gasteiger partial charge in [-0.15, -0.1) is 0 Å². The summed E-state index contributed by atoms with van der Waals surface area (Å²) < 4.78 is 5.58. The lowest BCUT2D eigenvalue weighted by Gasteiger charge is -2.27. The summed E-state index contributed by atoms with van der Waals surface area (Å²) >= 11 is 0. The molecule has 1 N–H and O–H groups in total. The highest BCUT2D eigenvalue weighted by Gasteiger charge is 2.37. The standard InChI is InChI=1S/C18H27N3O3/c1-12(2)17(18(23)21-9-3-4-14(21)11-22)15-10-16(24-20-15)13-5-7-19-8-6-13/h10-14,17,19H,3-9H2,1-2H3. The minimum atomic E-state index is -0.343. The Morgan fingerprint density at radius 3 is 2.79 bits per heavy atom. The maximum absolute atomic E-state index is 13.0. The average molecular weight is 333 g/mol. The topological polar surface area (TPSA) is 75.4 Å². The Balaban J connectivity index is 1.79. The molecule has 2 aliphatic heterocycles. The van der Waals surface area contributed by atoms with Gasteiger partial charge in [-0.25, -0.2) is 0 Å². The summed E-state index contributed by atoms with van der Waals surface area (Å²) in [6.45, 7) is 6.68. The quantitative estimate of drug-likeness (QED) is 0.835. The van der Waals surface area contributed by atoms with E-state index in [2.05, 4.69) is 10.5 Å². The molecule has 132 valence electrons. The van der Waals surface area contributed by atoms with E-state index in [1.54, 1.807) is 4.90 Å². The molecule has 24 heavy (non-hydrogen) atoms. The van der Waals surface area contributed by atoms with Gasteiger partial charge in [0.15, 0.2) is 0 Å². The number of carbonyl (C=O) groups is 2. The number of aldehydes is 1. The van der Waals surface area contributed by atoms with Gasteiger partial charge in [0.05, 0.1) is 17.7 Å². The van der Waals surface area contributed by atoms with Crippen LogP contribution in [0.4, 0.5) is 0 Å². The summed E-state index contributed by atoms with van der Waals surface area (Å²) in [5.41, 5.74) is 0.708. The molecule has 0 bridgehead atoms. The van der Waals surface area contributed by atoms with Crippen molar-refractivity contribution in [1.29, 1.82) is 0 Å². The average Bonchev–Trinajstić information content (AvgIpc) is 3.24. The first-order chi connectivity index (χ1) is 11.6. The molecule has 0 aliphatic carbocycles. The van der Waals surface area contributed by atoms with Crippen LogP contribution in [0.3, 0.4) is 0 Å². The molecule has 6 nitrogen and oxygen atoms in total. The zero-order valence-electron chi connectivity index (χ0n) is 14.5. The van der Waals surface area contributed by atoms with Gasteiger partial charge < -0.3 is 19.5 Å². The Bertz CT molecular complexity index is 578. The predicted octanol–water partition coefficient (Wildman–Crippen LogP) is 2.07. The summed E-state index contributed by atoms with van der Waals surface area (Å²) in [6.07, 6.45) is 4.62. The molecule has 1 aromatic rings. The molecule has 2 aliphatic rings. The van der Waals surface area contributed by atoms with Crippen molar-refractivity contribution < 1.29 is 14.1 Å². The summed E-state index contributed by atoms with van der Waals surface area (Å²) in [6, 6.07) is 1.68. The lowest BCUT2D eigenvalue weighted by atomic mass is 9.89. The van der Waals surface area contributed by atoms with Crippen molar-refractivity contribution in [3.63, 3.8) is 0 Å². The zero-order chi connectivity index (χ0) is 17.1. The number of nitrogens with one attached hydrogen (secondary N) is 1. The van der Waals surface area contributed by atoms with Crippen LogP contribution in [0.5, 0.6) is 0 Å². The summed E-state index contributed by atoms with van der Waals surface area (Å²) in [5.74, 6) is 1.04. The number of rotatable bonds is 5. The normalized spacial score (nSPS) is 23.6. The van der Waals surface area contributed by atoms with Gasteiger partial charge in [-0.05, 0) is 44.7 Å². The van der Waals surface area contributed by atoms with Crippen LogP contribution >= 0.6 is 0 Å². The molecule has 6 heteroatoms. The Hall–Kier alpha value is -1.69. The third kappa shape index (κ3) is 3.38. The first-order valence-electron chi connectivity index (χ1n) is 9.04. The van der Waals surface area contributed by atoms with Crippen LogP contribution in [0.1, 0.15) is 62.8 Å². The van der Waals surface area contributed by atoms with Crippen LogP contribution in [0.2, 0.25) is 0 Å². The minimum Gasteiger partial charge on any atom is -0.361 e. The zero-order valence-corrected chi connectivity index (χ0v) is 14.5. The first kappa shape index (κ1) is 17.1. The van der Waals surface area contributed by atoms with Crippen LogP contribution < -0.4 is 5.32 Å². The van der Waals surface area contributed by atoms with Crippen LogP contribution in [0, 0.1) is 5.92 Å². The highest BCUT2D eigenvalue weighted by Crippen LogP contribution is 2.32. The third-order valence-electron chi connectivity index (χ3n) is 5.28. The number of hydrogen-bond acceptors (Lipinski definition) is 5. The second kappa shape index (κ2) is 7.47. The Kier molecular flexibility index (Phi) is 5.33. The number of piperidine rings is 1. The Labute approximate surface area is 142 Å². The van der Waals surface area contributed by atoms with E-state index in [1.165, 1.54) is 0 Å². The van der Waals surface area contributed by atoms with Crippen molar-refractivity contribution in [1.82, 2.24) is 15.4 Å². The van der Waals surface area contributed by atoms with Crippen molar-refractivity contribution in [2.24, 2.45) is 5.92 Å². The SMILES string of the molecule is CC(C)C(C(=O)N1CCCC1C=O)c1cc(C2CCNCC2)on1. The van der Waals surface area contributed by atoms with E-state index in [4.69, 9.17) is 4.52 Å². The molecular weight excluding hydrogens is 306 g/mol. The van der Waals surface area contributed by atoms with E-state index in [9.17, 15) is 9.59 Å². The highest BCUT2D eigenvalue weighted by molar-refractivity contribution is 5.86. The fourth-order valence-electron chi connectivity index (χ4n) is 3.89. The lowest BCUT2D eigenvalue weighted by Crippen LogP contribution is -2.41. The molecule has 2 fully saturated rings. The molecule has 0 aromatic carbocycles. The van der Waals surface area contributed by atoms with Gasteiger partial charge in [0.1, 0.15) is 12.0 Å². The van der Waals surface area contributed by atoms with Gasteiger partial charge in [0.2, 0.25) is 5.91 Å². The number of carbonyl (C=O) groups excluding carboxylic acids is 2. The van der Waals surface area contributed by atoms with E-state index < -0.39 is 0 Å². The van der Waals surface area contributed by atoms with Crippen LogP contribution in [0.25, 0.3) is 0 Å². The van der Waals surface area contributed by atoms with Gasteiger partial charge in [0.25, 0.3) is 0 Å². The van der Waals surface area contributed by atoms with Gasteiger partial charge in [-0.2, -0.15) is 0 Å². The monoisotopic (exact) mass is 333 g/mol. The molecular formula is C18H27N3O3. The van der Waals surface area contributed by atoms with Crippen molar-refractivity contribution in [2.45, 2.75) is 57.4 Å². The summed E-state index contributed by atoms with van der Waals surface area (Å²) in [5, 5.41) is 7.57. The van der Waals surface area contributed by atoms with Crippen molar-refractivity contribution in [3.05, 3.63) is 17.5 Å². The van der Waals surface area contributed by atoms with Crippen LogP contribution in [-0.2, 0) is 9.59 Å². The number of aromatic nitrogens is 1. The molecule has 3 heterocycles. The number of likely N-dealkylation sites (tertiary alicyclic amines) is 1. The largest absolute Gasteiger partial charge is 0.361 e. The summed E-state index contributed by atoms with van der Waals surface area (Å²) in [7, 11) is 0. The van der Waals surface area contributed by atoms with Crippen molar-refractivity contribution in [3.8, 4) is 0 Å². The molecule has 0 spiro atoms. The molecule has 3 rings (SSSR count). The molecule has 0 saturated carbocycles. The number of amides is 1. The molecule has 1 amide bonds. The second-order valence-electron chi connectivity index (χ2n) is 7.28. The fourth-order valence-corrected chi connectivity index (χ4v) is 3.89. The number of nitrogens with zero attached hydrogens (tertiary/aromatic N) is 2. The van der Waals surface area contributed by atoms with E-state index in [0.717, 1.165) is 50.8 Å². The minimum absolute atomic E-state index is 0.00441. The summed E-state index contributed by atoms with van der Waals surface area (Å²) in [4.78, 5) is 26.0. The Morgan fingerprint density at radius 2 is 2.12 bits per heavy atom. The fraction of sp³-hybridized carbons (Fsp3) is 0.722. The first-order valence-corrected chi connectivity index (χ1v) is 9.04. The second-order valence-corrected chi connectivity index (χ2v) is 7.28. The molecule has 0 radical (unpaired) electrons. The van der Waals surface area contributed by atoms with Crippen LogP contribution in [-0.4, -0.2) is 47.9 Å². The van der Waals surface area contributed by atoms with E-state index in [-0.39, 0.29) is 23.8 Å². The van der Waals surface area contributed by atoms with Crippen molar-refractivity contribution in [2.75, 3.05) is 19.6 Å². The van der Waals surface area contributed by atoms with E-state index >= 15 is 0 Å². The molecule has 2 saturated heterocycles. The van der Waals surface area contributed by atoms with Gasteiger partial charge in [-0.1, -0.05) is 19.0 Å². The molecule has 1 aromatic heterocycles. The van der Waals surface area contributed by atoms with E-state index in [1.807, 2.05) is 19.9 Å². The smallest absolute Gasteiger partial charge is 0.232 e. The maximum atomic E-state index is 13.0. The van der Waals surface area contributed by atoms with Crippen molar-refractivity contribution >= 4 is 12.2 Å².